The van der Waals surface area contributed by atoms with Crippen LogP contribution in [0.1, 0.15) is 102 Å². The van der Waals surface area contributed by atoms with Gasteiger partial charge in [0.05, 0.1) is 64.7 Å². The lowest BCUT2D eigenvalue weighted by molar-refractivity contribution is 0.0600. The maximum atomic E-state index is 14.1. The van der Waals surface area contributed by atoms with Crippen LogP contribution in [0.4, 0.5) is 15.8 Å². The molecule has 1 amide bonds. The van der Waals surface area contributed by atoms with E-state index < -0.39 is 23.0 Å². The molecular weight excluding hydrogens is 934 g/mol. The lowest BCUT2D eigenvalue weighted by atomic mass is 9.98. The molecule has 0 spiro atoms. The Morgan fingerprint density at radius 2 is 1.31 bits per heavy atom. The number of esters is 1. The summed E-state index contributed by atoms with van der Waals surface area (Å²) in [6, 6.07) is 19.1. The van der Waals surface area contributed by atoms with Crippen LogP contribution >= 0.6 is 15.9 Å². The zero-order chi connectivity index (χ0) is 48.7. The fourth-order valence-corrected chi connectivity index (χ4v) is 8.12. The van der Waals surface area contributed by atoms with E-state index in [0.717, 1.165) is 58.1 Å². The third kappa shape index (κ3) is 11.2. The van der Waals surface area contributed by atoms with Gasteiger partial charge < -0.3 is 30.9 Å². The van der Waals surface area contributed by atoms with Crippen molar-refractivity contribution in [3.63, 3.8) is 0 Å². The summed E-state index contributed by atoms with van der Waals surface area (Å²) in [7, 11) is 1.23. The molecule has 0 unspecified atom stereocenters. The molecule has 0 aliphatic heterocycles. The molecule has 5 N–H and O–H groups in total. The van der Waals surface area contributed by atoms with Crippen LogP contribution in [0.25, 0.3) is 45.1 Å². The monoisotopic (exact) mass is 987 g/mol. The van der Waals surface area contributed by atoms with Gasteiger partial charge in [-0.25, -0.2) is 28.2 Å². The molecule has 354 valence electrons. The summed E-state index contributed by atoms with van der Waals surface area (Å²) >= 11 is 3.46. The number of ketones is 1. The van der Waals surface area contributed by atoms with Gasteiger partial charge in [0.1, 0.15) is 10.4 Å². The average Bonchev–Trinajstić information content (AvgIpc) is 4.20. The molecule has 15 nitrogen and oxygen atoms in total. The molecule has 7 aromatic rings. The highest BCUT2D eigenvalue weighted by Gasteiger charge is 2.27. The minimum absolute atomic E-state index is 0.0290. The molecular formula is C51H55BrFN9O6. The molecule has 2 aliphatic rings. The van der Waals surface area contributed by atoms with Gasteiger partial charge in [-0.3, -0.25) is 9.59 Å². The quantitative estimate of drug-likeness (QED) is 0.0484. The van der Waals surface area contributed by atoms with Gasteiger partial charge in [0.2, 0.25) is 0 Å². The highest BCUT2D eigenvalue weighted by Crippen LogP contribution is 2.35. The van der Waals surface area contributed by atoms with Crippen molar-refractivity contribution in [2.45, 2.75) is 90.9 Å². The van der Waals surface area contributed by atoms with Gasteiger partial charge in [-0.2, -0.15) is 10.2 Å². The standard InChI is InChI=1S/C29H30FN5O4.C22H25BrN4O2/c1-16-11-17(5-9-20(16)27(36)33-19-7-8-19)25-14-31-26-24(32-15-29(2,3)38)13-23(34-35(25)26)21-10-6-18(30)12-22(21)28(37)39-4;1-13-8-15(6-7-16(13)19(28)9-14-4-5-14)18-11-24-21-17(25-12-22(2,3)29)10-20(23)26-27(18)21/h5-6,9-14,19,32,38H,7-8,15H2,1-4H3,(H,33,36);6-8,10-11,14,25,29H,4-5,9,12H2,1-3H3. The van der Waals surface area contributed by atoms with Gasteiger partial charge in [-0.15, -0.1) is 0 Å². The Kier molecular flexibility index (Phi) is 13.5. The van der Waals surface area contributed by atoms with Gasteiger partial charge in [-0.05, 0) is 149 Å². The third-order valence-corrected chi connectivity index (χ3v) is 12.1. The molecule has 4 aromatic heterocycles. The number of aryl methyl sites for hydroxylation is 2. The van der Waals surface area contributed by atoms with Gasteiger partial charge in [0, 0.05) is 53.4 Å². The average molecular weight is 989 g/mol. The molecule has 0 bridgehead atoms. The second-order valence-corrected chi connectivity index (χ2v) is 19.8. The topological polar surface area (TPSA) is 197 Å². The van der Waals surface area contributed by atoms with E-state index in [1.807, 2.05) is 50.2 Å². The molecule has 17 heteroatoms. The number of carbonyl (C=O) groups is 3. The molecule has 4 heterocycles. The van der Waals surface area contributed by atoms with Crippen molar-refractivity contribution in [2.75, 3.05) is 30.8 Å². The fraction of sp³-hybridized carbons (Fsp3) is 0.353. The number of imidazole rings is 2. The molecule has 3 aromatic carbocycles. The van der Waals surface area contributed by atoms with Crippen molar-refractivity contribution in [3.8, 4) is 33.8 Å². The first-order valence-electron chi connectivity index (χ1n) is 22.5. The van der Waals surface area contributed by atoms with Crippen LogP contribution in [-0.4, -0.2) is 94.5 Å². The summed E-state index contributed by atoms with van der Waals surface area (Å²) in [6.07, 6.45) is 8.48. The second-order valence-electron chi connectivity index (χ2n) is 19.0. The highest BCUT2D eigenvalue weighted by molar-refractivity contribution is 9.10. The van der Waals surface area contributed by atoms with E-state index in [9.17, 15) is 29.0 Å². The summed E-state index contributed by atoms with van der Waals surface area (Å²) in [5.41, 5.74) is 7.86. The van der Waals surface area contributed by atoms with Crippen LogP contribution in [0.15, 0.2) is 83.7 Å². The van der Waals surface area contributed by atoms with Crippen molar-refractivity contribution in [2.24, 2.45) is 5.92 Å². The molecule has 9 rings (SSSR count). The first kappa shape index (κ1) is 47.9. The van der Waals surface area contributed by atoms with Gasteiger partial charge in [-0.1, -0.05) is 18.2 Å². The first-order chi connectivity index (χ1) is 32.2. The lowest BCUT2D eigenvalue weighted by Crippen LogP contribution is -2.29. The van der Waals surface area contributed by atoms with Crippen LogP contribution in [0.2, 0.25) is 0 Å². The number of aromatic nitrogens is 6. The number of rotatable bonds is 15. The van der Waals surface area contributed by atoms with E-state index in [1.54, 1.807) is 61.3 Å². The first-order valence-corrected chi connectivity index (χ1v) is 23.3. The van der Waals surface area contributed by atoms with E-state index >= 15 is 0 Å². The van der Waals surface area contributed by atoms with Gasteiger partial charge in [0.25, 0.3) is 5.91 Å². The van der Waals surface area contributed by atoms with Crippen LogP contribution in [-0.2, 0) is 4.74 Å². The van der Waals surface area contributed by atoms with E-state index in [4.69, 9.17) is 9.84 Å². The van der Waals surface area contributed by atoms with Crippen LogP contribution in [0.5, 0.6) is 0 Å². The Hall–Kier alpha value is -6.56. The zero-order valence-corrected chi connectivity index (χ0v) is 40.7. The molecule has 2 fully saturated rings. The Balaban J connectivity index is 0.000000192. The van der Waals surface area contributed by atoms with Crippen LogP contribution in [0.3, 0.4) is 0 Å². The summed E-state index contributed by atoms with van der Waals surface area (Å²) < 4.78 is 23.0. The van der Waals surface area contributed by atoms with Crippen molar-refractivity contribution >= 4 is 56.3 Å². The number of Topliss-reactive ketones (excluding diaryl/α,β-unsaturated/α-hetero) is 1. The molecule has 2 aliphatic carbocycles. The van der Waals surface area contributed by atoms with Crippen LogP contribution < -0.4 is 16.0 Å². The number of ether oxygens (including phenoxy) is 1. The highest BCUT2D eigenvalue weighted by atomic mass is 79.9. The number of hydrogen-bond acceptors (Lipinski definition) is 12. The normalized spacial score (nSPS) is 13.8. The summed E-state index contributed by atoms with van der Waals surface area (Å²) in [5.74, 6) is -0.556. The lowest BCUT2D eigenvalue weighted by Gasteiger charge is -2.19. The number of methoxy groups -OCH3 is 1. The number of amides is 1. The number of aliphatic hydroxyl groups is 2. The van der Waals surface area contributed by atoms with E-state index in [-0.39, 0.29) is 29.8 Å². The van der Waals surface area contributed by atoms with Gasteiger partial charge >= 0.3 is 5.97 Å². The number of halogens is 2. The Morgan fingerprint density at radius 3 is 1.84 bits per heavy atom. The Morgan fingerprint density at radius 1 is 0.750 bits per heavy atom. The maximum absolute atomic E-state index is 14.1. The maximum Gasteiger partial charge on any atom is 0.338 e. The number of benzene rings is 3. The van der Waals surface area contributed by atoms with Crippen molar-refractivity contribution < 1.29 is 33.7 Å². The van der Waals surface area contributed by atoms with Crippen molar-refractivity contribution in [3.05, 3.63) is 117 Å². The Bertz CT molecular complexity index is 3070. The number of anilines is 2. The SMILES string of the molecule is COC(=O)c1cc(F)ccc1-c1cc(NCC(C)(C)O)c2ncc(-c3ccc(C(=O)NC4CC4)c(C)c3)n2n1.Cc1cc(-c2cnc3c(NCC(C)(C)O)cc(Br)nn23)ccc1C(=O)CC1CC1. The number of nitrogens with one attached hydrogen (secondary N) is 3. The van der Waals surface area contributed by atoms with Crippen molar-refractivity contribution in [1.82, 2.24) is 34.5 Å². The molecule has 0 atom stereocenters. The number of nitrogens with zero attached hydrogens (tertiary/aromatic N) is 6. The smallest absolute Gasteiger partial charge is 0.338 e. The predicted octanol–water partition coefficient (Wildman–Crippen LogP) is 9.01. The largest absolute Gasteiger partial charge is 0.465 e. The summed E-state index contributed by atoms with van der Waals surface area (Å²) in [5, 5.41) is 39.1. The van der Waals surface area contributed by atoms with Crippen LogP contribution in [0, 0.1) is 25.6 Å². The molecule has 0 radical (unpaired) electrons. The number of fused-ring (bicyclic) bond motifs is 2. The van der Waals surface area contributed by atoms with Crippen molar-refractivity contribution in [1.29, 1.82) is 0 Å². The fourth-order valence-electron chi connectivity index (χ4n) is 7.73. The second kappa shape index (κ2) is 19.2. The third-order valence-electron chi connectivity index (χ3n) is 11.7. The number of carbonyl (C=O) groups excluding carboxylic acids is 3. The minimum Gasteiger partial charge on any atom is -0.465 e. The van der Waals surface area contributed by atoms with Gasteiger partial charge in [0.15, 0.2) is 17.1 Å². The molecule has 2 saturated carbocycles. The minimum atomic E-state index is -1.02. The van der Waals surface area contributed by atoms with E-state index in [2.05, 4.69) is 46.9 Å². The summed E-state index contributed by atoms with van der Waals surface area (Å²) in [6.45, 7) is 11.3. The Labute approximate surface area is 401 Å². The molecule has 0 saturated heterocycles. The zero-order valence-electron chi connectivity index (χ0n) is 39.1. The molecule has 68 heavy (non-hydrogen) atoms. The summed E-state index contributed by atoms with van der Waals surface area (Å²) in [4.78, 5) is 46.7. The number of hydrogen-bond donors (Lipinski definition) is 5. The van der Waals surface area contributed by atoms with E-state index in [0.29, 0.717) is 63.0 Å². The predicted molar refractivity (Wildman–Crippen MR) is 262 cm³/mol. The van der Waals surface area contributed by atoms with E-state index in [1.165, 1.54) is 32.1 Å².